The Balaban J connectivity index is 0.00000158. The number of amides is 1. The number of benzene rings is 3. The van der Waals surface area contributed by atoms with Gasteiger partial charge in [0.15, 0.2) is 0 Å². The molecule has 2 N–H and O–H groups in total. The van der Waals surface area contributed by atoms with E-state index in [1.165, 1.54) is 31.3 Å². The van der Waals surface area contributed by atoms with Crippen LogP contribution in [0.4, 0.5) is 10.1 Å². The van der Waals surface area contributed by atoms with Crippen LogP contribution in [0, 0.1) is 12.7 Å². The second-order valence-corrected chi connectivity index (χ2v) is 9.65. The number of hydrogen-bond donors (Lipinski definition) is 1. The smallest absolute Gasteiger partial charge is 0.253 e. The van der Waals surface area contributed by atoms with Crippen LogP contribution >= 0.6 is 9.24 Å². The molecule has 6 nitrogen and oxygen atoms in total. The first-order valence-corrected chi connectivity index (χ1v) is 13.3. The van der Waals surface area contributed by atoms with Crippen LogP contribution in [-0.2, 0) is 10.0 Å². The molecule has 0 aliphatic heterocycles. The maximum Gasteiger partial charge on any atom is 0.253 e. The minimum Gasteiger partial charge on any atom is -0.455 e. The highest BCUT2D eigenvalue weighted by Gasteiger charge is 2.25. The number of hydrogen-bond acceptors (Lipinski definition) is 4. The Kier molecular flexibility index (Phi) is 7.44. The van der Waals surface area contributed by atoms with Crippen LogP contribution in [0.3, 0.4) is 0 Å². The lowest BCUT2D eigenvalue weighted by molar-refractivity contribution is 0.100. The molecule has 34 heavy (non-hydrogen) atoms. The van der Waals surface area contributed by atoms with E-state index in [1.807, 2.05) is 37.9 Å². The van der Waals surface area contributed by atoms with Crippen molar-refractivity contribution in [2.24, 2.45) is 5.73 Å². The molecule has 0 saturated carbocycles. The van der Waals surface area contributed by atoms with E-state index in [0.717, 1.165) is 21.7 Å². The van der Waals surface area contributed by atoms with Crippen LogP contribution in [0.5, 0.6) is 0 Å². The van der Waals surface area contributed by atoms with Crippen molar-refractivity contribution in [2.75, 3.05) is 24.3 Å². The number of aryl methyl sites for hydroxylation is 1. The van der Waals surface area contributed by atoms with Crippen LogP contribution in [0.2, 0.25) is 0 Å². The van der Waals surface area contributed by atoms with Crippen LogP contribution in [0.15, 0.2) is 65.1 Å². The van der Waals surface area contributed by atoms with Crippen molar-refractivity contribution in [3.63, 3.8) is 0 Å². The molecule has 3 aromatic carbocycles. The van der Waals surface area contributed by atoms with Gasteiger partial charge in [0, 0.05) is 29.6 Å². The highest BCUT2D eigenvalue weighted by atomic mass is 32.2. The predicted octanol–water partition coefficient (Wildman–Crippen LogP) is 5.20. The summed E-state index contributed by atoms with van der Waals surface area (Å²) in [4.78, 5) is 12.4. The van der Waals surface area contributed by atoms with Crippen LogP contribution in [0.1, 0.15) is 15.9 Å². The SMILES string of the molecule is CP.Cc1ccc(-c2cc3c(C(N)=O)c(-c4ccc(F)cc4)oc3cc2N(C)S(C)(=O)=O)cc1. The molecule has 1 atom stereocenters. The van der Waals surface area contributed by atoms with Gasteiger partial charge in [0.25, 0.3) is 5.91 Å². The van der Waals surface area contributed by atoms with Crippen molar-refractivity contribution < 1.29 is 22.0 Å². The third-order valence-electron chi connectivity index (χ3n) is 5.36. The van der Waals surface area contributed by atoms with E-state index in [1.54, 1.807) is 12.1 Å². The van der Waals surface area contributed by atoms with Crippen LogP contribution in [-0.4, -0.2) is 34.3 Å². The number of carbonyl (C=O) groups excluding carboxylic acids is 1. The largest absolute Gasteiger partial charge is 0.455 e. The van der Waals surface area contributed by atoms with Crippen molar-refractivity contribution in [3.8, 4) is 22.5 Å². The van der Waals surface area contributed by atoms with Crippen LogP contribution < -0.4 is 10.0 Å². The summed E-state index contributed by atoms with van der Waals surface area (Å²) in [6.45, 7) is 3.87. The van der Waals surface area contributed by atoms with Gasteiger partial charge < -0.3 is 10.2 Å². The number of halogens is 1. The first-order chi connectivity index (χ1) is 16.1. The van der Waals surface area contributed by atoms with Gasteiger partial charge in [0.2, 0.25) is 10.0 Å². The lowest BCUT2D eigenvalue weighted by atomic mass is 9.98. The summed E-state index contributed by atoms with van der Waals surface area (Å²) < 4.78 is 45.2. The van der Waals surface area contributed by atoms with E-state index >= 15 is 0 Å². The van der Waals surface area contributed by atoms with Crippen molar-refractivity contribution >= 4 is 41.8 Å². The van der Waals surface area contributed by atoms with Crippen molar-refractivity contribution in [1.82, 2.24) is 0 Å². The molecule has 1 aromatic heterocycles. The molecule has 0 radical (unpaired) electrons. The molecule has 1 unspecified atom stereocenters. The third kappa shape index (κ3) is 4.98. The number of anilines is 1. The fourth-order valence-electron chi connectivity index (χ4n) is 3.58. The Bertz CT molecular complexity index is 1450. The number of sulfonamides is 1. The molecule has 0 spiro atoms. The quantitative estimate of drug-likeness (QED) is 0.381. The molecular formula is C25H26FN2O4PS. The summed E-state index contributed by atoms with van der Waals surface area (Å²) in [5.41, 5.74) is 9.40. The molecule has 4 aromatic rings. The Labute approximate surface area is 200 Å². The minimum absolute atomic E-state index is 0.147. The van der Waals surface area contributed by atoms with Gasteiger partial charge in [0.05, 0.1) is 17.5 Å². The van der Waals surface area contributed by atoms with E-state index in [0.29, 0.717) is 27.8 Å². The third-order valence-corrected chi connectivity index (χ3v) is 6.55. The Hall–Kier alpha value is -3.22. The van der Waals surface area contributed by atoms with Gasteiger partial charge in [-0.15, -0.1) is 9.24 Å². The molecule has 1 heterocycles. The average Bonchev–Trinajstić information content (AvgIpc) is 3.18. The summed E-state index contributed by atoms with van der Waals surface area (Å²) in [7, 11) is 0.287. The molecule has 4 rings (SSSR count). The molecule has 178 valence electrons. The van der Waals surface area contributed by atoms with Gasteiger partial charge >= 0.3 is 0 Å². The fourth-order valence-corrected chi connectivity index (χ4v) is 4.09. The summed E-state index contributed by atoms with van der Waals surface area (Å²) >= 11 is 0. The molecule has 9 heteroatoms. The van der Waals surface area contributed by atoms with Gasteiger partial charge in [-0.25, -0.2) is 12.8 Å². The fraction of sp³-hybridized carbons (Fsp3) is 0.160. The Morgan fingerprint density at radius 3 is 2.09 bits per heavy atom. The normalized spacial score (nSPS) is 11.1. The van der Waals surface area contributed by atoms with Crippen molar-refractivity contribution in [1.29, 1.82) is 0 Å². The van der Waals surface area contributed by atoms with Crippen molar-refractivity contribution in [3.05, 3.63) is 77.6 Å². The zero-order valence-electron chi connectivity index (χ0n) is 19.3. The number of furan rings is 1. The minimum atomic E-state index is -3.58. The van der Waals surface area contributed by atoms with E-state index in [4.69, 9.17) is 10.2 Å². The number of nitrogens with two attached hydrogens (primary N) is 1. The molecule has 0 aliphatic carbocycles. The van der Waals surface area contributed by atoms with Gasteiger partial charge in [0.1, 0.15) is 17.2 Å². The van der Waals surface area contributed by atoms with E-state index in [2.05, 4.69) is 9.24 Å². The maximum absolute atomic E-state index is 13.4. The lowest BCUT2D eigenvalue weighted by Crippen LogP contribution is -2.25. The van der Waals surface area contributed by atoms with Gasteiger partial charge in [-0.3, -0.25) is 9.10 Å². The maximum atomic E-state index is 13.4. The number of rotatable bonds is 5. The predicted molar refractivity (Wildman–Crippen MR) is 139 cm³/mol. The topological polar surface area (TPSA) is 93.6 Å². The summed E-state index contributed by atoms with van der Waals surface area (Å²) in [5.74, 6) is -0.937. The molecule has 0 aliphatic rings. The van der Waals surface area contributed by atoms with Gasteiger partial charge in [-0.1, -0.05) is 36.5 Å². The second kappa shape index (κ2) is 9.95. The molecule has 1 amide bonds. The number of nitrogens with zero attached hydrogens (tertiary/aromatic N) is 1. The van der Waals surface area contributed by atoms with E-state index < -0.39 is 21.7 Å². The second-order valence-electron chi connectivity index (χ2n) is 7.64. The van der Waals surface area contributed by atoms with Crippen LogP contribution in [0.25, 0.3) is 33.4 Å². The summed E-state index contributed by atoms with van der Waals surface area (Å²) in [6, 6.07) is 16.4. The number of primary amides is 1. The molecule has 0 saturated heterocycles. The first-order valence-electron chi connectivity index (χ1n) is 10.3. The summed E-state index contributed by atoms with van der Waals surface area (Å²) in [6.07, 6.45) is 1.11. The molecule has 0 bridgehead atoms. The van der Waals surface area contributed by atoms with E-state index in [-0.39, 0.29) is 11.3 Å². The number of fused-ring (bicyclic) bond motifs is 1. The zero-order chi connectivity index (χ0) is 25.2. The van der Waals surface area contributed by atoms with Gasteiger partial charge in [-0.05, 0) is 42.8 Å². The van der Waals surface area contributed by atoms with Gasteiger partial charge in [-0.2, -0.15) is 0 Å². The molecular weight excluding hydrogens is 474 g/mol. The van der Waals surface area contributed by atoms with Crippen molar-refractivity contribution in [2.45, 2.75) is 6.92 Å². The highest BCUT2D eigenvalue weighted by molar-refractivity contribution is 7.92. The molecule has 0 fully saturated rings. The Morgan fingerprint density at radius 2 is 1.56 bits per heavy atom. The summed E-state index contributed by atoms with van der Waals surface area (Å²) in [5, 5.41) is 0.443. The number of carbonyl (C=O) groups is 1. The zero-order valence-corrected chi connectivity index (χ0v) is 21.3. The van der Waals surface area contributed by atoms with E-state index in [9.17, 15) is 17.6 Å². The monoisotopic (exact) mass is 500 g/mol. The Morgan fingerprint density at radius 1 is 1.00 bits per heavy atom. The highest BCUT2D eigenvalue weighted by Crippen LogP contribution is 2.41. The lowest BCUT2D eigenvalue weighted by Gasteiger charge is -2.20. The standard InChI is InChI=1S/C24H21FN2O4S.CH5P/c1-14-4-6-15(7-5-14)18-12-19-21(13-20(18)27(2)32(3,29)30)31-23(22(19)24(26)28)16-8-10-17(25)11-9-16;1-2/h4-13H,1-3H3,(H2,26,28);2H2,1H3. The average molecular weight is 501 g/mol. The first kappa shape index (κ1) is 25.4.